The number of para-hydroxylation sites is 1. The highest BCUT2D eigenvalue weighted by Gasteiger charge is 2.31. The Morgan fingerprint density at radius 1 is 1.26 bits per heavy atom. The van der Waals surface area contributed by atoms with Crippen molar-refractivity contribution in [3.8, 4) is 5.75 Å². The highest BCUT2D eigenvalue weighted by Crippen LogP contribution is 2.33. The minimum atomic E-state index is -0.634. The molecule has 6 heteroatoms. The summed E-state index contributed by atoms with van der Waals surface area (Å²) in [5, 5.41) is 5.45. The first kappa shape index (κ1) is 15.1. The van der Waals surface area contributed by atoms with Crippen molar-refractivity contribution in [2.24, 2.45) is 0 Å². The van der Waals surface area contributed by atoms with Crippen LogP contribution < -0.4 is 15.4 Å². The third-order valence-electron chi connectivity index (χ3n) is 3.79. The quantitative estimate of drug-likeness (QED) is 0.878. The molecule has 0 bridgehead atoms. The van der Waals surface area contributed by atoms with Crippen molar-refractivity contribution in [3.05, 3.63) is 54.0 Å². The normalized spacial score (nSPS) is 17.0. The monoisotopic (exact) mass is 314 g/mol. The number of amides is 2. The van der Waals surface area contributed by atoms with E-state index in [1.807, 2.05) is 24.3 Å². The number of furan rings is 1. The largest absolute Gasteiger partial charge is 0.492 e. The SMILES string of the molecule is CC(NC(=O)C1COc2ccccc21)C(=O)NCc1ccco1. The molecule has 3 rings (SSSR count). The third kappa shape index (κ3) is 3.36. The third-order valence-corrected chi connectivity index (χ3v) is 3.79. The standard InChI is InChI=1S/C17H18N2O4/c1-11(16(20)18-9-12-5-4-8-22-12)19-17(21)14-10-23-15-7-3-2-6-13(14)15/h2-8,11,14H,9-10H2,1H3,(H,18,20)(H,19,21). The molecule has 2 heterocycles. The molecular formula is C17H18N2O4. The van der Waals surface area contributed by atoms with Gasteiger partial charge in [0, 0.05) is 5.56 Å². The summed E-state index contributed by atoms with van der Waals surface area (Å²) in [5.41, 5.74) is 0.855. The predicted octanol–water partition coefficient (Wildman–Crippen LogP) is 1.58. The molecule has 120 valence electrons. The summed E-state index contributed by atoms with van der Waals surface area (Å²) in [6.07, 6.45) is 1.55. The molecule has 1 aromatic carbocycles. The van der Waals surface area contributed by atoms with Gasteiger partial charge in [0.05, 0.1) is 12.8 Å². The Labute approximate surface area is 133 Å². The number of hydrogen-bond acceptors (Lipinski definition) is 4. The molecule has 23 heavy (non-hydrogen) atoms. The molecule has 0 aliphatic carbocycles. The highest BCUT2D eigenvalue weighted by molar-refractivity contribution is 5.91. The van der Waals surface area contributed by atoms with E-state index in [0.29, 0.717) is 18.9 Å². The number of nitrogens with one attached hydrogen (secondary N) is 2. The van der Waals surface area contributed by atoms with E-state index in [1.54, 1.807) is 25.3 Å². The smallest absolute Gasteiger partial charge is 0.242 e. The Morgan fingerprint density at radius 3 is 2.87 bits per heavy atom. The summed E-state index contributed by atoms with van der Waals surface area (Å²) in [7, 11) is 0. The molecule has 2 unspecified atom stereocenters. The van der Waals surface area contributed by atoms with E-state index in [4.69, 9.17) is 9.15 Å². The van der Waals surface area contributed by atoms with E-state index < -0.39 is 6.04 Å². The zero-order valence-corrected chi connectivity index (χ0v) is 12.7. The topological polar surface area (TPSA) is 80.6 Å². The molecule has 0 radical (unpaired) electrons. The van der Waals surface area contributed by atoms with Crippen LogP contribution in [0.5, 0.6) is 5.75 Å². The van der Waals surface area contributed by atoms with Crippen LogP contribution in [0.1, 0.15) is 24.2 Å². The molecule has 6 nitrogen and oxygen atoms in total. The van der Waals surface area contributed by atoms with Crippen LogP contribution >= 0.6 is 0 Å². The van der Waals surface area contributed by atoms with Gasteiger partial charge in [0.25, 0.3) is 0 Å². The second-order valence-corrected chi connectivity index (χ2v) is 5.43. The number of rotatable bonds is 5. The second-order valence-electron chi connectivity index (χ2n) is 5.43. The number of ether oxygens (including phenoxy) is 1. The lowest BCUT2D eigenvalue weighted by Crippen LogP contribution is -2.46. The van der Waals surface area contributed by atoms with E-state index in [0.717, 1.165) is 11.3 Å². The summed E-state index contributed by atoms with van der Waals surface area (Å²) in [4.78, 5) is 24.4. The fourth-order valence-corrected chi connectivity index (χ4v) is 2.50. The van der Waals surface area contributed by atoms with Crippen molar-refractivity contribution in [3.63, 3.8) is 0 Å². The summed E-state index contributed by atoms with van der Waals surface area (Å²) < 4.78 is 10.6. The fraction of sp³-hybridized carbons (Fsp3) is 0.294. The number of carbonyl (C=O) groups excluding carboxylic acids is 2. The summed E-state index contributed by atoms with van der Waals surface area (Å²) >= 11 is 0. The van der Waals surface area contributed by atoms with Crippen LogP contribution in [0.25, 0.3) is 0 Å². The van der Waals surface area contributed by atoms with Gasteiger partial charge in [-0.25, -0.2) is 0 Å². The van der Waals surface area contributed by atoms with Crippen LogP contribution in [-0.2, 0) is 16.1 Å². The minimum absolute atomic E-state index is 0.212. The van der Waals surface area contributed by atoms with Gasteiger partial charge in [-0.3, -0.25) is 9.59 Å². The van der Waals surface area contributed by atoms with E-state index in [1.165, 1.54) is 0 Å². The minimum Gasteiger partial charge on any atom is -0.492 e. The first-order valence-corrected chi connectivity index (χ1v) is 7.47. The van der Waals surface area contributed by atoms with E-state index in [2.05, 4.69) is 10.6 Å². The maximum atomic E-state index is 12.4. The first-order chi connectivity index (χ1) is 11.1. The van der Waals surface area contributed by atoms with Gasteiger partial charge < -0.3 is 19.8 Å². The average molecular weight is 314 g/mol. The van der Waals surface area contributed by atoms with Crippen LogP contribution in [0.3, 0.4) is 0 Å². The van der Waals surface area contributed by atoms with Gasteiger partial charge in [-0.05, 0) is 25.1 Å². The zero-order valence-electron chi connectivity index (χ0n) is 12.7. The van der Waals surface area contributed by atoms with E-state index >= 15 is 0 Å². The Hall–Kier alpha value is -2.76. The van der Waals surface area contributed by atoms with Gasteiger partial charge in [-0.15, -0.1) is 0 Å². The van der Waals surface area contributed by atoms with Crippen LogP contribution in [0.2, 0.25) is 0 Å². The molecule has 1 aromatic heterocycles. The lowest BCUT2D eigenvalue weighted by molar-refractivity contribution is -0.129. The highest BCUT2D eigenvalue weighted by atomic mass is 16.5. The maximum absolute atomic E-state index is 12.4. The number of hydrogen-bond donors (Lipinski definition) is 2. The maximum Gasteiger partial charge on any atom is 0.242 e. The molecule has 0 fully saturated rings. The fourth-order valence-electron chi connectivity index (χ4n) is 2.50. The molecule has 2 amide bonds. The van der Waals surface area contributed by atoms with Crippen molar-refractivity contribution in [1.82, 2.24) is 10.6 Å². The first-order valence-electron chi connectivity index (χ1n) is 7.47. The van der Waals surface area contributed by atoms with E-state index in [9.17, 15) is 9.59 Å². The van der Waals surface area contributed by atoms with Crippen molar-refractivity contribution in [2.75, 3.05) is 6.61 Å². The molecule has 0 saturated carbocycles. The Kier molecular flexibility index (Phi) is 4.32. The van der Waals surface area contributed by atoms with Crippen molar-refractivity contribution >= 4 is 11.8 Å². The van der Waals surface area contributed by atoms with Gasteiger partial charge in [-0.1, -0.05) is 18.2 Å². The molecule has 1 aliphatic rings. The van der Waals surface area contributed by atoms with Crippen LogP contribution in [0, 0.1) is 0 Å². The van der Waals surface area contributed by atoms with Gasteiger partial charge in [0.1, 0.15) is 30.1 Å². The molecule has 2 N–H and O–H groups in total. The summed E-state index contributed by atoms with van der Waals surface area (Å²) in [5.74, 6) is 0.529. The van der Waals surface area contributed by atoms with Crippen LogP contribution in [0.4, 0.5) is 0 Å². The van der Waals surface area contributed by atoms with Crippen LogP contribution in [0.15, 0.2) is 47.1 Å². The summed E-state index contributed by atoms with van der Waals surface area (Å²) in [6, 6.07) is 10.3. The molecule has 2 atom stereocenters. The Morgan fingerprint density at radius 2 is 2.09 bits per heavy atom. The van der Waals surface area contributed by atoms with Crippen molar-refractivity contribution in [1.29, 1.82) is 0 Å². The number of fused-ring (bicyclic) bond motifs is 1. The average Bonchev–Trinajstić information content (AvgIpc) is 3.21. The predicted molar refractivity (Wildman–Crippen MR) is 82.8 cm³/mol. The van der Waals surface area contributed by atoms with Gasteiger partial charge in [0.2, 0.25) is 11.8 Å². The van der Waals surface area contributed by atoms with Crippen LogP contribution in [-0.4, -0.2) is 24.5 Å². The zero-order chi connectivity index (χ0) is 16.2. The lowest BCUT2D eigenvalue weighted by atomic mass is 10.0. The van der Waals surface area contributed by atoms with E-state index in [-0.39, 0.29) is 17.7 Å². The molecular weight excluding hydrogens is 296 g/mol. The van der Waals surface area contributed by atoms with Gasteiger partial charge >= 0.3 is 0 Å². The Bertz CT molecular complexity index is 696. The van der Waals surface area contributed by atoms with Gasteiger partial charge in [0.15, 0.2) is 0 Å². The molecule has 0 saturated heterocycles. The molecule has 0 spiro atoms. The molecule has 2 aromatic rings. The van der Waals surface area contributed by atoms with Gasteiger partial charge in [-0.2, -0.15) is 0 Å². The second kappa shape index (κ2) is 6.56. The number of benzene rings is 1. The number of carbonyl (C=O) groups is 2. The summed E-state index contributed by atoms with van der Waals surface area (Å²) in [6.45, 7) is 2.24. The lowest BCUT2D eigenvalue weighted by Gasteiger charge is -2.16. The van der Waals surface area contributed by atoms with Crippen molar-refractivity contribution < 1.29 is 18.7 Å². The van der Waals surface area contributed by atoms with Crippen molar-refractivity contribution in [2.45, 2.75) is 25.4 Å². The Balaban J connectivity index is 1.54. The molecule has 1 aliphatic heterocycles.